The number of benzene rings is 1. The summed E-state index contributed by atoms with van der Waals surface area (Å²) >= 11 is 0. The molecule has 2 saturated carbocycles. The van der Waals surface area contributed by atoms with Crippen molar-refractivity contribution in [3.05, 3.63) is 53.6 Å². The van der Waals surface area contributed by atoms with Gasteiger partial charge in [0.25, 0.3) is 6.08 Å². The molecule has 4 rings (SSSR count). The normalized spacial score (nSPS) is 31.8. The molecule has 0 aliphatic heterocycles. The highest BCUT2D eigenvalue weighted by Gasteiger charge is 2.38. The second-order valence-electron chi connectivity index (χ2n) is 9.44. The van der Waals surface area contributed by atoms with Gasteiger partial charge >= 0.3 is 0 Å². The number of hydrogen-bond acceptors (Lipinski definition) is 1. The van der Waals surface area contributed by atoms with E-state index in [-0.39, 0.29) is 5.92 Å². The summed E-state index contributed by atoms with van der Waals surface area (Å²) in [5.74, 6) is 4.15. The molecule has 1 nitrogen and oxygen atoms in total. The lowest BCUT2D eigenvalue weighted by molar-refractivity contribution is 0.0802. The van der Waals surface area contributed by atoms with E-state index in [2.05, 4.69) is 18.2 Å². The standard InChI is InChI=1S/C26H34F2O/c1-2-3-12-29-25-11-10-23-16-22(8-9-24(23)17-25)21-7-6-19-13-18(14-26(27)28)4-5-20(19)15-21/h2-3,10-11,14,17-22H,4-9,12-13,15-16H2,1H3/t18-,19?,20-,21?,22?/m1/s1. The van der Waals surface area contributed by atoms with Crippen LogP contribution in [0.3, 0.4) is 0 Å². The highest BCUT2D eigenvalue weighted by Crippen LogP contribution is 2.48. The predicted molar refractivity (Wildman–Crippen MR) is 114 cm³/mol. The first-order valence-electron chi connectivity index (χ1n) is 11.5. The van der Waals surface area contributed by atoms with Crippen molar-refractivity contribution in [2.45, 2.75) is 64.7 Å². The molecule has 0 aromatic heterocycles. The van der Waals surface area contributed by atoms with E-state index in [0.717, 1.165) is 49.2 Å². The molecule has 5 atom stereocenters. The first-order chi connectivity index (χ1) is 14.1. The Hall–Kier alpha value is -1.64. The molecule has 3 aliphatic carbocycles. The number of hydrogen-bond donors (Lipinski definition) is 0. The van der Waals surface area contributed by atoms with E-state index in [1.54, 1.807) is 0 Å². The Labute approximate surface area is 174 Å². The molecule has 1 aromatic rings. The molecule has 0 radical (unpaired) electrons. The van der Waals surface area contributed by atoms with E-state index in [1.165, 1.54) is 49.3 Å². The molecule has 3 aliphatic rings. The van der Waals surface area contributed by atoms with E-state index >= 15 is 0 Å². The van der Waals surface area contributed by atoms with Gasteiger partial charge in [0.15, 0.2) is 0 Å². The van der Waals surface area contributed by atoms with Crippen LogP contribution < -0.4 is 4.74 Å². The lowest BCUT2D eigenvalue weighted by atomic mass is 9.61. The maximum atomic E-state index is 12.6. The maximum Gasteiger partial charge on any atom is 0.266 e. The fourth-order valence-corrected chi connectivity index (χ4v) is 6.21. The van der Waals surface area contributed by atoms with E-state index in [1.807, 2.05) is 19.1 Å². The van der Waals surface area contributed by atoms with Gasteiger partial charge in [0.2, 0.25) is 0 Å². The number of fused-ring (bicyclic) bond motifs is 2. The zero-order valence-corrected chi connectivity index (χ0v) is 17.6. The molecule has 3 unspecified atom stereocenters. The van der Waals surface area contributed by atoms with Gasteiger partial charge in [-0.15, -0.1) is 0 Å². The molecule has 0 amide bonds. The topological polar surface area (TPSA) is 9.23 Å². The number of aryl methyl sites for hydroxylation is 1. The highest BCUT2D eigenvalue weighted by atomic mass is 19.3. The number of allylic oxidation sites excluding steroid dienone is 2. The van der Waals surface area contributed by atoms with Crippen LogP contribution in [0.4, 0.5) is 8.78 Å². The lowest BCUT2D eigenvalue weighted by Crippen LogP contribution is -2.34. The SMILES string of the molecule is CC=CCOc1ccc2c(c1)CCC(C1CCC3C[C@H](C=C(F)F)CC[C@@H]3C1)C2. The minimum Gasteiger partial charge on any atom is -0.490 e. The van der Waals surface area contributed by atoms with E-state index < -0.39 is 6.08 Å². The molecule has 29 heavy (non-hydrogen) atoms. The van der Waals surface area contributed by atoms with Gasteiger partial charge in [-0.05, 0) is 124 Å². The summed E-state index contributed by atoms with van der Waals surface area (Å²) in [5, 5.41) is 0. The van der Waals surface area contributed by atoms with Crippen molar-refractivity contribution in [1.82, 2.24) is 0 Å². The molecular formula is C26H34F2O. The summed E-state index contributed by atoms with van der Waals surface area (Å²) in [4.78, 5) is 0. The zero-order chi connectivity index (χ0) is 20.2. The van der Waals surface area contributed by atoms with Gasteiger partial charge in [-0.2, -0.15) is 8.78 Å². The van der Waals surface area contributed by atoms with Gasteiger partial charge in [0, 0.05) is 0 Å². The average Bonchev–Trinajstić information content (AvgIpc) is 2.73. The van der Waals surface area contributed by atoms with Crippen LogP contribution in [-0.2, 0) is 12.8 Å². The van der Waals surface area contributed by atoms with Crippen LogP contribution in [0.15, 0.2) is 42.5 Å². The van der Waals surface area contributed by atoms with Gasteiger partial charge in [0.05, 0.1) is 0 Å². The van der Waals surface area contributed by atoms with Crippen molar-refractivity contribution >= 4 is 0 Å². The third kappa shape index (κ3) is 5.10. The third-order valence-corrected chi connectivity index (χ3v) is 7.75. The van der Waals surface area contributed by atoms with Crippen LogP contribution in [0.1, 0.15) is 63.0 Å². The fraction of sp³-hybridized carbons (Fsp3) is 0.615. The molecule has 2 fully saturated rings. The Morgan fingerprint density at radius 2 is 1.72 bits per heavy atom. The Morgan fingerprint density at radius 1 is 0.966 bits per heavy atom. The number of rotatable bonds is 5. The van der Waals surface area contributed by atoms with Gasteiger partial charge < -0.3 is 4.74 Å². The molecule has 3 heteroatoms. The van der Waals surface area contributed by atoms with Crippen molar-refractivity contribution in [1.29, 1.82) is 0 Å². The minimum atomic E-state index is -1.49. The Balaban J connectivity index is 1.33. The number of ether oxygens (including phenoxy) is 1. The predicted octanol–water partition coefficient (Wildman–Crippen LogP) is 7.36. The first kappa shape index (κ1) is 20.6. The molecular weight excluding hydrogens is 366 g/mol. The van der Waals surface area contributed by atoms with Crippen LogP contribution in [0.25, 0.3) is 0 Å². The second kappa shape index (κ2) is 9.45. The van der Waals surface area contributed by atoms with Crippen molar-refractivity contribution in [2.24, 2.45) is 29.6 Å². The van der Waals surface area contributed by atoms with Crippen LogP contribution in [-0.4, -0.2) is 6.61 Å². The van der Waals surface area contributed by atoms with Crippen LogP contribution in [0, 0.1) is 29.6 Å². The number of halogens is 2. The molecule has 0 spiro atoms. The lowest BCUT2D eigenvalue weighted by Gasteiger charge is -2.44. The smallest absolute Gasteiger partial charge is 0.266 e. The fourth-order valence-electron chi connectivity index (χ4n) is 6.21. The highest BCUT2D eigenvalue weighted by molar-refractivity contribution is 5.37. The van der Waals surface area contributed by atoms with Crippen molar-refractivity contribution in [3.63, 3.8) is 0 Å². The Morgan fingerprint density at radius 3 is 2.52 bits per heavy atom. The molecule has 1 aromatic carbocycles. The third-order valence-electron chi connectivity index (χ3n) is 7.75. The first-order valence-corrected chi connectivity index (χ1v) is 11.5. The monoisotopic (exact) mass is 400 g/mol. The van der Waals surface area contributed by atoms with E-state index in [0.29, 0.717) is 12.5 Å². The molecule has 0 saturated heterocycles. The van der Waals surface area contributed by atoms with Crippen LogP contribution >= 0.6 is 0 Å². The van der Waals surface area contributed by atoms with E-state index in [9.17, 15) is 8.78 Å². The summed E-state index contributed by atoms with van der Waals surface area (Å²) in [6.45, 7) is 2.65. The summed E-state index contributed by atoms with van der Waals surface area (Å²) in [6, 6.07) is 6.65. The second-order valence-corrected chi connectivity index (χ2v) is 9.44. The van der Waals surface area contributed by atoms with Crippen molar-refractivity contribution < 1.29 is 13.5 Å². The van der Waals surface area contributed by atoms with Crippen molar-refractivity contribution in [3.8, 4) is 5.75 Å². The zero-order valence-electron chi connectivity index (χ0n) is 17.6. The van der Waals surface area contributed by atoms with Gasteiger partial charge in [-0.25, -0.2) is 0 Å². The van der Waals surface area contributed by atoms with Crippen LogP contribution in [0.5, 0.6) is 5.75 Å². The maximum absolute atomic E-state index is 12.6. The average molecular weight is 401 g/mol. The van der Waals surface area contributed by atoms with Gasteiger partial charge in [-0.3, -0.25) is 0 Å². The Kier molecular flexibility index (Phi) is 6.72. The molecule has 0 N–H and O–H groups in total. The van der Waals surface area contributed by atoms with Crippen molar-refractivity contribution in [2.75, 3.05) is 6.61 Å². The molecule has 158 valence electrons. The van der Waals surface area contributed by atoms with E-state index in [4.69, 9.17) is 4.74 Å². The van der Waals surface area contributed by atoms with Crippen LogP contribution in [0.2, 0.25) is 0 Å². The Bertz CT molecular complexity index is 749. The molecule has 0 bridgehead atoms. The summed E-state index contributed by atoms with van der Waals surface area (Å²) in [7, 11) is 0. The van der Waals surface area contributed by atoms with Gasteiger partial charge in [-0.1, -0.05) is 18.2 Å². The minimum absolute atomic E-state index is 0.114. The van der Waals surface area contributed by atoms with Gasteiger partial charge in [0.1, 0.15) is 12.4 Å². The molecule has 0 heterocycles. The quantitative estimate of drug-likeness (QED) is 0.469. The largest absolute Gasteiger partial charge is 0.490 e. The summed E-state index contributed by atoms with van der Waals surface area (Å²) in [6.07, 6.45) is 14.4. The summed E-state index contributed by atoms with van der Waals surface area (Å²) < 4.78 is 31.1. The summed E-state index contributed by atoms with van der Waals surface area (Å²) in [5.41, 5.74) is 2.97.